The van der Waals surface area contributed by atoms with Crippen LogP contribution in [0.5, 0.6) is 5.75 Å². The second-order valence-electron chi connectivity index (χ2n) is 5.36. The molecule has 3 rings (SSSR count). The monoisotopic (exact) mass is 313 g/mol. The number of carbonyl (C=O) groups is 1. The molecule has 0 bridgehead atoms. The maximum absolute atomic E-state index is 11.6. The molecular formula is C18H16ClNO2. The second kappa shape index (κ2) is 5.50. The number of pyridine rings is 1. The van der Waals surface area contributed by atoms with Crippen LogP contribution >= 0.6 is 11.6 Å². The Labute approximate surface area is 134 Å². The number of nitrogens with zero attached hydrogens (tertiary/aromatic N) is 1. The van der Waals surface area contributed by atoms with Crippen LogP contribution in [0.4, 0.5) is 0 Å². The Balaban J connectivity index is 2.35. The third-order valence-corrected chi connectivity index (χ3v) is 4.25. The summed E-state index contributed by atoms with van der Waals surface area (Å²) in [6, 6.07) is 9.73. The fourth-order valence-electron chi connectivity index (χ4n) is 2.67. The number of benzene rings is 1. The summed E-state index contributed by atoms with van der Waals surface area (Å²) in [6.07, 6.45) is 2.82. The van der Waals surface area contributed by atoms with Crippen molar-refractivity contribution < 1.29 is 9.53 Å². The van der Waals surface area contributed by atoms with Crippen LogP contribution in [0.15, 0.2) is 36.5 Å². The van der Waals surface area contributed by atoms with Crippen molar-refractivity contribution in [1.29, 1.82) is 0 Å². The smallest absolute Gasteiger partial charge is 0.167 e. The van der Waals surface area contributed by atoms with E-state index < -0.39 is 0 Å². The van der Waals surface area contributed by atoms with Crippen molar-refractivity contribution in [3.8, 4) is 16.9 Å². The number of fused-ring (bicyclic) bond motifs is 1. The predicted molar refractivity (Wildman–Crippen MR) is 89.3 cm³/mol. The first-order valence-electron chi connectivity index (χ1n) is 6.96. The van der Waals surface area contributed by atoms with Gasteiger partial charge in [-0.15, -0.1) is 0 Å². The van der Waals surface area contributed by atoms with Gasteiger partial charge in [0, 0.05) is 27.9 Å². The number of rotatable bonds is 3. The lowest BCUT2D eigenvalue weighted by molar-refractivity contribution is 0.111. The van der Waals surface area contributed by atoms with Crippen LogP contribution in [0.2, 0.25) is 5.02 Å². The Morgan fingerprint density at radius 1 is 1.14 bits per heavy atom. The Bertz CT molecular complexity index is 880. The van der Waals surface area contributed by atoms with Gasteiger partial charge in [-0.05, 0) is 49.2 Å². The molecule has 2 aromatic heterocycles. The molecule has 0 atom stereocenters. The lowest BCUT2D eigenvalue weighted by Crippen LogP contribution is -1.95. The predicted octanol–water partition coefficient (Wildman–Crippen LogP) is 4.70. The Morgan fingerprint density at radius 3 is 2.59 bits per heavy atom. The Kier molecular flexibility index (Phi) is 3.67. The summed E-state index contributed by atoms with van der Waals surface area (Å²) in [7, 11) is 1.62. The quantitative estimate of drug-likeness (QED) is 0.656. The van der Waals surface area contributed by atoms with Gasteiger partial charge in [0.2, 0.25) is 0 Å². The van der Waals surface area contributed by atoms with Crippen molar-refractivity contribution >= 4 is 23.4 Å². The van der Waals surface area contributed by atoms with Gasteiger partial charge in [-0.1, -0.05) is 17.7 Å². The van der Waals surface area contributed by atoms with Crippen LogP contribution in [0, 0.1) is 13.8 Å². The van der Waals surface area contributed by atoms with E-state index in [1.807, 2.05) is 54.8 Å². The minimum atomic E-state index is 0.594. The van der Waals surface area contributed by atoms with E-state index in [-0.39, 0.29) is 0 Å². The number of halogens is 1. The zero-order chi connectivity index (χ0) is 15.9. The van der Waals surface area contributed by atoms with Crippen molar-refractivity contribution in [2.45, 2.75) is 13.8 Å². The van der Waals surface area contributed by atoms with E-state index in [2.05, 4.69) is 0 Å². The normalized spacial score (nSPS) is 10.9. The molecule has 1 aromatic carbocycles. The maximum Gasteiger partial charge on any atom is 0.167 e. The SMILES string of the molecule is COc1cc(C)c(Cl)cc1-c1cc2ccc(C)cn2c1C=O. The van der Waals surface area contributed by atoms with E-state index in [1.54, 1.807) is 7.11 Å². The first-order chi connectivity index (χ1) is 10.5. The Morgan fingerprint density at radius 2 is 1.91 bits per heavy atom. The number of hydrogen-bond acceptors (Lipinski definition) is 2. The van der Waals surface area contributed by atoms with Crippen LogP contribution in [-0.4, -0.2) is 17.8 Å². The van der Waals surface area contributed by atoms with Gasteiger partial charge in [0.15, 0.2) is 6.29 Å². The first-order valence-corrected chi connectivity index (χ1v) is 7.34. The number of aryl methyl sites for hydroxylation is 2. The van der Waals surface area contributed by atoms with Gasteiger partial charge in [-0.25, -0.2) is 0 Å². The summed E-state index contributed by atoms with van der Waals surface area (Å²) >= 11 is 6.26. The number of aromatic nitrogens is 1. The molecule has 0 saturated carbocycles. The minimum Gasteiger partial charge on any atom is -0.496 e. The fourth-order valence-corrected chi connectivity index (χ4v) is 2.83. The van der Waals surface area contributed by atoms with Gasteiger partial charge in [0.25, 0.3) is 0 Å². The zero-order valence-electron chi connectivity index (χ0n) is 12.7. The second-order valence-corrected chi connectivity index (χ2v) is 5.77. The molecule has 0 aliphatic heterocycles. The maximum atomic E-state index is 11.6. The van der Waals surface area contributed by atoms with E-state index in [0.717, 1.165) is 34.1 Å². The van der Waals surface area contributed by atoms with Crippen molar-refractivity contribution in [1.82, 2.24) is 4.40 Å². The molecule has 112 valence electrons. The summed E-state index contributed by atoms with van der Waals surface area (Å²) < 4.78 is 7.36. The highest BCUT2D eigenvalue weighted by molar-refractivity contribution is 6.31. The molecule has 0 fully saturated rings. The molecule has 0 aliphatic carbocycles. The fraction of sp³-hybridized carbons (Fsp3) is 0.167. The van der Waals surface area contributed by atoms with E-state index in [9.17, 15) is 4.79 Å². The van der Waals surface area contributed by atoms with Crippen LogP contribution < -0.4 is 4.74 Å². The number of carbonyl (C=O) groups excluding carboxylic acids is 1. The number of hydrogen-bond donors (Lipinski definition) is 0. The highest BCUT2D eigenvalue weighted by atomic mass is 35.5. The molecule has 0 radical (unpaired) electrons. The first kappa shape index (κ1) is 14.7. The molecule has 2 heterocycles. The van der Waals surface area contributed by atoms with Crippen LogP contribution in [-0.2, 0) is 0 Å². The molecule has 0 spiro atoms. The van der Waals surface area contributed by atoms with Gasteiger partial charge >= 0.3 is 0 Å². The lowest BCUT2D eigenvalue weighted by atomic mass is 10.0. The summed E-state index contributed by atoms with van der Waals surface area (Å²) in [5.41, 5.74) is 5.22. The van der Waals surface area contributed by atoms with Crippen LogP contribution in [0.25, 0.3) is 16.6 Å². The molecule has 0 aliphatic rings. The number of aldehydes is 1. The Hall–Kier alpha value is -2.26. The van der Waals surface area contributed by atoms with Gasteiger partial charge in [0.1, 0.15) is 5.75 Å². The molecule has 0 unspecified atom stereocenters. The molecule has 0 saturated heterocycles. The van der Waals surface area contributed by atoms with Crippen LogP contribution in [0.1, 0.15) is 21.6 Å². The zero-order valence-corrected chi connectivity index (χ0v) is 13.4. The van der Waals surface area contributed by atoms with Crippen LogP contribution in [0.3, 0.4) is 0 Å². The minimum absolute atomic E-state index is 0.594. The van der Waals surface area contributed by atoms with Crippen molar-refractivity contribution in [3.63, 3.8) is 0 Å². The van der Waals surface area contributed by atoms with Crippen molar-refractivity contribution in [2.24, 2.45) is 0 Å². The van der Waals surface area contributed by atoms with Gasteiger partial charge in [-0.3, -0.25) is 4.79 Å². The van der Waals surface area contributed by atoms with E-state index in [4.69, 9.17) is 16.3 Å². The molecule has 22 heavy (non-hydrogen) atoms. The molecule has 0 N–H and O–H groups in total. The highest BCUT2D eigenvalue weighted by Gasteiger charge is 2.16. The number of ether oxygens (including phenoxy) is 1. The molecular weight excluding hydrogens is 298 g/mol. The summed E-state index contributed by atoms with van der Waals surface area (Å²) in [6.45, 7) is 3.92. The molecule has 3 nitrogen and oxygen atoms in total. The summed E-state index contributed by atoms with van der Waals surface area (Å²) in [4.78, 5) is 11.6. The van der Waals surface area contributed by atoms with Crippen molar-refractivity contribution in [2.75, 3.05) is 7.11 Å². The van der Waals surface area contributed by atoms with Gasteiger partial charge in [-0.2, -0.15) is 0 Å². The third kappa shape index (κ3) is 2.28. The lowest BCUT2D eigenvalue weighted by Gasteiger charge is -2.10. The van der Waals surface area contributed by atoms with Gasteiger partial charge < -0.3 is 9.14 Å². The molecule has 3 aromatic rings. The molecule has 4 heteroatoms. The third-order valence-electron chi connectivity index (χ3n) is 3.84. The van der Waals surface area contributed by atoms with E-state index >= 15 is 0 Å². The van der Waals surface area contributed by atoms with Crippen molar-refractivity contribution in [3.05, 3.63) is 58.4 Å². The largest absolute Gasteiger partial charge is 0.496 e. The van der Waals surface area contributed by atoms with E-state index in [1.165, 1.54) is 0 Å². The topological polar surface area (TPSA) is 30.7 Å². The average molecular weight is 314 g/mol. The standard InChI is InChI=1S/C18H16ClNO2/c1-11-4-5-13-7-14(17(10-21)20(13)9-11)15-8-16(19)12(2)6-18(15)22-3/h4-10H,1-3H3. The molecule has 0 amide bonds. The summed E-state index contributed by atoms with van der Waals surface area (Å²) in [5.74, 6) is 0.706. The average Bonchev–Trinajstić information content (AvgIpc) is 2.86. The highest BCUT2D eigenvalue weighted by Crippen LogP contribution is 2.37. The van der Waals surface area contributed by atoms with E-state index in [0.29, 0.717) is 16.5 Å². The summed E-state index contributed by atoms with van der Waals surface area (Å²) in [5, 5.41) is 0.652. The van der Waals surface area contributed by atoms with Gasteiger partial charge in [0.05, 0.1) is 12.8 Å². The number of methoxy groups -OCH3 is 1.